The van der Waals surface area contributed by atoms with Crippen LogP contribution in [0.25, 0.3) is 5.00 Å². The molecular weight excluding hydrogens is 504 g/mol. The summed E-state index contributed by atoms with van der Waals surface area (Å²) in [5.74, 6) is 0.785. The van der Waals surface area contributed by atoms with Gasteiger partial charge in [0.2, 0.25) is 0 Å². The van der Waals surface area contributed by atoms with Crippen molar-refractivity contribution in [2.24, 2.45) is 0 Å². The molecule has 0 aliphatic carbocycles. The van der Waals surface area contributed by atoms with Gasteiger partial charge in [-0.1, -0.05) is 29.8 Å². The minimum atomic E-state index is -0.286. The molecule has 190 valence electrons. The Kier molecular flexibility index (Phi) is 6.23. The summed E-state index contributed by atoms with van der Waals surface area (Å²) in [6.45, 7) is 4.45. The molecule has 2 aromatic heterocycles. The van der Waals surface area contributed by atoms with E-state index in [0.717, 1.165) is 42.1 Å². The molecule has 2 aliphatic heterocycles. The van der Waals surface area contributed by atoms with Crippen molar-refractivity contribution in [1.82, 2.24) is 14.4 Å². The SMILES string of the molecule is COc1ccc([C@H]2c3cccn3-c3sc4c(c3CN2C(=O)Nc2ccc(C)cc2Cl)CCN(C)C4)cc1. The van der Waals surface area contributed by atoms with Crippen LogP contribution in [0.4, 0.5) is 10.5 Å². The zero-order valence-electron chi connectivity index (χ0n) is 21.1. The zero-order valence-corrected chi connectivity index (χ0v) is 22.7. The van der Waals surface area contributed by atoms with E-state index in [1.54, 1.807) is 7.11 Å². The molecule has 1 N–H and O–H groups in total. The van der Waals surface area contributed by atoms with Gasteiger partial charge in [0.25, 0.3) is 0 Å². The van der Waals surface area contributed by atoms with Crippen LogP contribution >= 0.6 is 22.9 Å². The molecule has 0 fully saturated rings. The van der Waals surface area contributed by atoms with Crippen molar-refractivity contribution in [1.29, 1.82) is 0 Å². The van der Waals surface area contributed by atoms with Crippen molar-refractivity contribution in [3.63, 3.8) is 0 Å². The standard InChI is InChI=1S/C29H29ClN4O2S/c1-18-6-11-24(23(30)15-18)31-29(35)34-16-22-21-12-14-32(2)17-26(21)37-28(22)33-13-4-5-25(33)27(34)19-7-9-20(36-3)10-8-19/h4-11,13,15,27H,12,14,16-17H2,1-3H3,(H,31,35)/t27-/m0/s1. The summed E-state index contributed by atoms with van der Waals surface area (Å²) in [4.78, 5) is 19.8. The lowest BCUT2D eigenvalue weighted by Crippen LogP contribution is -2.38. The molecule has 6 rings (SSSR count). The van der Waals surface area contributed by atoms with E-state index in [1.807, 2.05) is 65.6 Å². The van der Waals surface area contributed by atoms with E-state index in [9.17, 15) is 4.79 Å². The molecule has 0 spiro atoms. The monoisotopic (exact) mass is 532 g/mol. The molecule has 2 amide bonds. The zero-order chi connectivity index (χ0) is 25.7. The lowest BCUT2D eigenvalue weighted by molar-refractivity contribution is 0.194. The largest absolute Gasteiger partial charge is 0.497 e. The number of rotatable bonds is 3. The van der Waals surface area contributed by atoms with Crippen molar-refractivity contribution < 1.29 is 9.53 Å². The number of fused-ring (bicyclic) bond motifs is 5. The van der Waals surface area contributed by atoms with Crippen LogP contribution in [0.1, 0.15) is 38.9 Å². The van der Waals surface area contributed by atoms with E-state index in [0.29, 0.717) is 17.3 Å². The van der Waals surface area contributed by atoms with Crippen LogP contribution < -0.4 is 10.1 Å². The third-order valence-electron chi connectivity index (χ3n) is 7.31. The smallest absolute Gasteiger partial charge is 0.323 e. The fourth-order valence-corrected chi connectivity index (χ4v) is 7.12. The van der Waals surface area contributed by atoms with Gasteiger partial charge in [0.05, 0.1) is 36.1 Å². The highest BCUT2D eigenvalue weighted by atomic mass is 35.5. The summed E-state index contributed by atoms with van der Waals surface area (Å²) in [7, 11) is 3.83. The number of likely N-dealkylation sites (N-methyl/N-ethyl adjacent to an activating group) is 1. The molecule has 0 saturated carbocycles. The van der Waals surface area contributed by atoms with Gasteiger partial charge in [-0.25, -0.2) is 4.79 Å². The van der Waals surface area contributed by atoms with E-state index >= 15 is 0 Å². The van der Waals surface area contributed by atoms with Gasteiger partial charge < -0.3 is 24.4 Å². The average Bonchev–Trinajstić information content (AvgIpc) is 3.47. The number of thiophene rings is 1. The fraction of sp³-hybridized carbons (Fsp3) is 0.276. The lowest BCUT2D eigenvalue weighted by atomic mass is 10.00. The Morgan fingerprint density at radius 2 is 1.92 bits per heavy atom. The number of amides is 2. The van der Waals surface area contributed by atoms with Crippen molar-refractivity contribution in [3.05, 3.63) is 98.6 Å². The number of nitrogens with one attached hydrogen (secondary N) is 1. The topological polar surface area (TPSA) is 49.7 Å². The Morgan fingerprint density at radius 1 is 1.11 bits per heavy atom. The molecule has 0 bridgehead atoms. The van der Waals surface area contributed by atoms with Gasteiger partial charge in [0.15, 0.2) is 0 Å². The van der Waals surface area contributed by atoms with Crippen LogP contribution in [0, 0.1) is 6.92 Å². The number of hydrogen-bond acceptors (Lipinski definition) is 4. The van der Waals surface area contributed by atoms with E-state index in [1.165, 1.54) is 21.0 Å². The van der Waals surface area contributed by atoms with Crippen molar-refractivity contribution in [2.75, 3.05) is 26.0 Å². The highest BCUT2D eigenvalue weighted by Gasteiger charge is 2.36. The van der Waals surface area contributed by atoms with E-state index in [-0.39, 0.29) is 12.1 Å². The van der Waals surface area contributed by atoms with Crippen LogP contribution in [-0.4, -0.2) is 41.1 Å². The first-order valence-electron chi connectivity index (χ1n) is 12.4. The van der Waals surface area contributed by atoms with Gasteiger partial charge in [-0.05, 0) is 73.5 Å². The number of carbonyl (C=O) groups is 1. The number of halogens is 1. The number of anilines is 1. The summed E-state index contributed by atoms with van der Waals surface area (Å²) in [6.07, 6.45) is 3.11. The van der Waals surface area contributed by atoms with Crippen LogP contribution in [0.15, 0.2) is 60.8 Å². The van der Waals surface area contributed by atoms with E-state index < -0.39 is 0 Å². The number of hydrogen-bond donors (Lipinski definition) is 1. The highest BCUT2D eigenvalue weighted by molar-refractivity contribution is 7.15. The number of benzene rings is 2. The Balaban J connectivity index is 1.48. The predicted octanol–water partition coefficient (Wildman–Crippen LogP) is 6.63. The van der Waals surface area contributed by atoms with Gasteiger partial charge in [0, 0.05) is 29.7 Å². The number of aromatic nitrogens is 1. The minimum absolute atomic E-state index is 0.181. The number of ether oxygens (including phenoxy) is 1. The molecule has 37 heavy (non-hydrogen) atoms. The Labute approximate surface area is 226 Å². The molecule has 4 aromatic rings. The third kappa shape index (κ3) is 4.31. The first-order valence-corrected chi connectivity index (χ1v) is 13.6. The van der Waals surface area contributed by atoms with Crippen molar-refractivity contribution in [2.45, 2.75) is 32.5 Å². The van der Waals surface area contributed by atoms with E-state index in [4.69, 9.17) is 16.3 Å². The lowest BCUT2D eigenvalue weighted by Gasteiger charge is -2.32. The Morgan fingerprint density at radius 3 is 2.68 bits per heavy atom. The van der Waals surface area contributed by atoms with Crippen LogP contribution in [-0.2, 0) is 19.5 Å². The normalized spacial score (nSPS) is 17.0. The second-order valence-electron chi connectivity index (χ2n) is 9.80. The molecule has 1 atom stereocenters. The number of aryl methyl sites for hydroxylation is 1. The van der Waals surface area contributed by atoms with Crippen LogP contribution in [0.2, 0.25) is 5.02 Å². The highest BCUT2D eigenvalue weighted by Crippen LogP contribution is 2.44. The quantitative estimate of drug-likeness (QED) is 0.322. The van der Waals surface area contributed by atoms with Gasteiger partial charge in [0.1, 0.15) is 10.8 Å². The Bertz CT molecular complexity index is 1480. The molecule has 0 radical (unpaired) electrons. The number of carbonyl (C=O) groups excluding carboxylic acids is 1. The first-order chi connectivity index (χ1) is 17.9. The average molecular weight is 533 g/mol. The molecule has 6 nitrogen and oxygen atoms in total. The maximum atomic E-state index is 14.1. The summed E-state index contributed by atoms with van der Waals surface area (Å²) >= 11 is 8.36. The number of methoxy groups -OCH3 is 1. The molecule has 0 unspecified atom stereocenters. The molecule has 2 aromatic carbocycles. The fourth-order valence-electron chi connectivity index (χ4n) is 5.40. The summed E-state index contributed by atoms with van der Waals surface area (Å²) < 4.78 is 7.68. The number of nitrogens with zero attached hydrogens (tertiary/aromatic N) is 3. The minimum Gasteiger partial charge on any atom is -0.497 e. The van der Waals surface area contributed by atoms with Gasteiger partial charge in [-0.2, -0.15) is 0 Å². The maximum Gasteiger partial charge on any atom is 0.323 e. The van der Waals surface area contributed by atoms with Gasteiger partial charge >= 0.3 is 6.03 Å². The second-order valence-corrected chi connectivity index (χ2v) is 11.3. The summed E-state index contributed by atoms with van der Waals surface area (Å²) in [6, 6.07) is 17.4. The summed E-state index contributed by atoms with van der Waals surface area (Å²) in [5.41, 5.74) is 6.37. The predicted molar refractivity (Wildman–Crippen MR) is 149 cm³/mol. The Hall–Kier alpha value is -3.26. The molecule has 8 heteroatoms. The first kappa shape index (κ1) is 24.1. The van der Waals surface area contributed by atoms with Crippen LogP contribution in [0.5, 0.6) is 5.75 Å². The maximum absolute atomic E-state index is 14.1. The molecule has 4 heterocycles. The van der Waals surface area contributed by atoms with Gasteiger partial charge in [-0.3, -0.25) is 0 Å². The molecule has 0 saturated heterocycles. The molecular formula is C29H29ClN4O2S. The third-order valence-corrected chi connectivity index (χ3v) is 8.88. The van der Waals surface area contributed by atoms with Crippen molar-refractivity contribution >= 4 is 34.7 Å². The second kappa shape index (κ2) is 9.56. The van der Waals surface area contributed by atoms with Gasteiger partial charge in [-0.15, -0.1) is 11.3 Å². The summed E-state index contributed by atoms with van der Waals surface area (Å²) in [5, 5.41) is 4.85. The van der Waals surface area contributed by atoms with E-state index in [2.05, 4.69) is 40.2 Å². The number of urea groups is 1. The molecule has 2 aliphatic rings. The van der Waals surface area contributed by atoms with Crippen LogP contribution in [0.3, 0.4) is 0 Å². The van der Waals surface area contributed by atoms with Crippen molar-refractivity contribution in [3.8, 4) is 10.8 Å².